The molecule has 8 heteroatoms. The van der Waals surface area contributed by atoms with Crippen LogP contribution < -0.4 is 24.8 Å². The maximum atomic E-state index is 12.6. The van der Waals surface area contributed by atoms with Crippen molar-refractivity contribution in [2.75, 3.05) is 32.6 Å². The first-order chi connectivity index (χ1) is 18.5. The second kappa shape index (κ2) is 11.4. The van der Waals surface area contributed by atoms with Crippen molar-refractivity contribution in [2.45, 2.75) is 25.9 Å². The SMILES string of the molecule is COc1cc2nccc(Oc3ccc(NC(=O)NC4CCN(Cc5ccccc5C)C4)cc3)c2cc1OC. The summed E-state index contributed by atoms with van der Waals surface area (Å²) in [6, 6.07) is 21.1. The molecular formula is C30H32N4O4. The minimum Gasteiger partial charge on any atom is -0.493 e. The molecule has 4 aromatic rings. The number of likely N-dealkylation sites (tertiary alicyclic amines) is 1. The van der Waals surface area contributed by atoms with Gasteiger partial charge in [0.2, 0.25) is 0 Å². The zero-order chi connectivity index (χ0) is 26.5. The Bertz CT molecular complexity index is 1420. The summed E-state index contributed by atoms with van der Waals surface area (Å²) >= 11 is 0. The second-order valence-corrected chi connectivity index (χ2v) is 9.41. The number of anilines is 1. The van der Waals surface area contributed by atoms with Gasteiger partial charge < -0.3 is 24.8 Å². The van der Waals surface area contributed by atoms with Crippen LogP contribution in [0.2, 0.25) is 0 Å². The Hall–Kier alpha value is -4.30. The number of rotatable bonds is 8. The molecule has 0 radical (unpaired) electrons. The molecular weight excluding hydrogens is 480 g/mol. The summed E-state index contributed by atoms with van der Waals surface area (Å²) in [6.45, 7) is 4.85. The van der Waals surface area contributed by atoms with Gasteiger partial charge in [-0.2, -0.15) is 0 Å². The maximum absolute atomic E-state index is 12.6. The molecule has 5 rings (SSSR count). The summed E-state index contributed by atoms with van der Waals surface area (Å²) in [5, 5.41) is 6.83. The lowest BCUT2D eigenvalue weighted by atomic mass is 10.1. The predicted molar refractivity (Wildman–Crippen MR) is 148 cm³/mol. The summed E-state index contributed by atoms with van der Waals surface area (Å²) in [4.78, 5) is 19.4. The molecule has 0 bridgehead atoms. The normalized spacial score (nSPS) is 15.3. The Morgan fingerprint density at radius 2 is 1.76 bits per heavy atom. The van der Waals surface area contributed by atoms with Crippen LogP contribution >= 0.6 is 0 Å². The molecule has 1 fully saturated rings. The van der Waals surface area contributed by atoms with Crippen molar-refractivity contribution in [3.63, 3.8) is 0 Å². The third-order valence-electron chi connectivity index (χ3n) is 6.81. The van der Waals surface area contributed by atoms with Gasteiger partial charge in [0, 0.05) is 49.0 Å². The summed E-state index contributed by atoms with van der Waals surface area (Å²) < 4.78 is 16.9. The quantitative estimate of drug-likeness (QED) is 0.313. The minimum atomic E-state index is -0.206. The molecule has 2 heterocycles. The molecule has 2 amide bonds. The van der Waals surface area contributed by atoms with Crippen LogP contribution in [0.4, 0.5) is 10.5 Å². The largest absolute Gasteiger partial charge is 0.493 e. The monoisotopic (exact) mass is 512 g/mol. The molecule has 3 aromatic carbocycles. The average molecular weight is 513 g/mol. The van der Waals surface area contributed by atoms with E-state index < -0.39 is 0 Å². The number of ether oxygens (including phenoxy) is 3. The van der Waals surface area contributed by atoms with Crippen LogP contribution in [0.5, 0.6) is 23.0 Å². The maximum Gasteiger partial charge on any atom is 0.319 e. The topological polar surface area (TPSA) is 85.0 Å². The molecule has 2 N–H and O–H groups in total. The van der Waals surface area contributed by atoms with Gasteiger partial charge in [0.05, 0.1) is 19.7 Å². The van der Waals surface area contributed by atoms with E-state index in [1.54, 1.807) is 26.5 Å². The van der Waals surface area contributed by atoms with E-state index in [0.29, 0.717) is 28.7 Å². The van der Waals surface area contributed by atoms with Crippen molar-refractivity contribution in [1.29, 1.82) is 0 Å². The van der Waals surface area contributed by atoms with Gasteiger partial charge in [-0.1, -0.05) is 24.3 Å². The number of benzene rings is 3. The zero-order valence-corrected chi connectivity index (χ0v) is 21.9. The molecule has 1 atom stereocenters. The Labute approximate surface area is 222 Å². The zero-order valence-electron chi connectivity index (χ0n) is 21.9. The number of pyridine rings is 1. The first-order valence-corrected chi connectivity index (χ1v) is 12.7. The number of methoxy groups -OCH3 is 2. The van der Waals surface area contributed by atoms with Gasteiger partial charge in [-0.05, 0) is 60.9 Å². The molecule has 1 saturated heterocycles. The Morgan fingerprint density at radius 1 is 1.00 bits per heavy atom. The van der Waals surface area contributed by atoms with Crippen LogP contribution in [0.3, 0.4) is 0 Å². The summed E-state index contributed by atoms with van der Waals surface area (Å²) in [6.07, 6.45) is 2.62. The lowest BCUT2D eigenvalue weighted by Gasteiger charge is -2.18. The first-order valence-electron chi connectivity index (χ1n) is 12.7. The molecule has 1 unspecified atom stereocenters. The molecule has 1 aromatic heterocycles. The number of carbonyl (C=O) groups excluding carboxylic acids is 1. The predicted octanol–water partition coefficient (Wildman–Crippen LogP) is 5.75. The molecule has 0 aliphatic carbocycles. The highest BCUT2D eigenvalue weighted by molar-refractivity contribution is 5.90. The van der Waals surface area contributed by atoms with E-state index in [0.717, 1.165) is 37.0 Å². The number of hydrogen-bond donors (Lipinski definition) is 2. The molecule has 1 aliphatic rings. The lowest BCUT2D eigenvalue weighted by Crippen LogP contribution is -2.39. The number of aromatic nitrogens is 1. The molecule has 0 spiro atoms. The third kappa shape index (κ3) is 5.81. The average Bonchev–Trinajstić information content (AvgIpc) is 3.36. The molecule has 38 heavy (non-hydrogen) atoms. The Kier molecular flexibility index (Phi) is 7.60. The van der Waals surface area contributed by atoms with Gasteiger partial charge in [-0.15, -0.1) is 0 Å². The van der Waals surface area contributed by atoms with Gasteiger partial charge in [-0.25, -0.2) is 4.79 Å². The summed E-state index contributed by atoms with van der Waals surface area (Å²) in [5.41, 5.74) is 4.06. The Balaban J connectivity index is 1.17. The molecule has 8 nitrogen and oxygen atoms in total. The fraction of sp³-hybridized carbons (Fsp3) is 0.267. The number of nitrogens with zero attached hydrogens (tertiary/aromatic N) is 2. The van der Waals surface area contributed by atoms with Crippen molar-refractivity contribution >= 4 is 22.6 Å². The van der Waals surface area contributed by atoms with Gasteiger partial charge in [0.25, 0.3) is 0 Å². The number of carbonyl (C=O) groups is 1. The van der Waals surface area contributed by atoms with E-state index in [1.807, 2.05) is 36.4 Å². The summed E-state index contributed by atoms with van der Waals surface area (Å²) in [5.74, 6) is 2.49. The van der Waals surface area contributed by atoms with Crippen LogP contribution in [0.15, 0.2) is 72.9 Å². The highest BCUT2D eigenvalue weighted by atomic mass is 16.5. The van der Waals surface area contributed by atoms with Crippen molar-refractivity contribution in [3.05, 3.63) is 84.1 Å². The lowest BCUT2D eigenvalue weighted by molar-refractivity contribution is 0.247. The van der Waals surface area contributed by atoms with Crippen LogP contribution in [0.25, 0.3) is 10.9 Å². The molecule has 196 valence electrons. The standard InChI is InChI=1S/C30H32N4O4/c1-20-6-4-5-7-21(20)18-34-15-13-23(19-34)33-30(35)32-22-8-10-24(11-9-22)38-27-12-14-31-26-17-29(37-3)28(36-2)16-25(26)27/h4-12,14,16-17,23H,13,15,18-19H2,1-3H3,(H2,32,33,35). The van der Waals surface area contributed by atoms with Gasteiger partial charge in [0.15, 0.2) is 11.5 Å². The fourth-order valence-electron chi connectivity index (χ4n) is 4.74. The Morgan fingerprint density at radius 3 is 2.53 bits per heavy atom. The van der Waals surface area contributed by atoms with E-state index in [2.05, 4.69) is 51.7 Å². The van der Waals surface area contributed by atoms with E-state index in [-0.39, 0.29) is 12.1 Å². The minimum absolute atomic E-state index is 0.122. The van der Waals surface area contributed by atoms with Gasteiger partial charge in [-0.3, -0.25) is 9.88 Å². The van der Waals surface area contributed by atoms with Crippen LogP contribution in [-0.2, 0) is 6.54 Å². The number of urea groups is 1. The number of nitrogens with one attached hydrogen (secondary N) is 2. The number of fused-ring (bicyclic) bond motifs is 1. The smallest absolute Gasteiger partial charge is 0.319 e. The molecule has 1 aliphatic heterocycles. The third-order valence-corrected chi connectivity index (χ3v) is 6.81. The van der Waals surface area contributed by atoms with E-state index in [9.17, 15) is 4.79 Å². The van der Waals surface area contributed by atoms with Crippen molar-refractivity contribution < 1.29 is 19.0 Å². The number of aryl methyl sites for hydroxylation is 1. The van der Waals surface area contributed by atoms with Crippen LogP contribution in [0, 0.1) is 6.92 Å². The van der Waals surface area contributed by atoms with Gasteiger partial charge in [0.1, 0.15) is 11.5 Å². The van der Waals surface area contributed by atoms with Crippen LogP contribution in [-0.4, -0.2) is 49.3 Å². The van der Waals surface area contributed by atoms with Gasteiger partial charge >= 0.3 is 6.03 Å². The van der Waals surface area contributed by atoms with Crippen molar-refractivity contribution in [1.82, 2.24) is 15.2 Å². The van der Waals surface area contributed by atoms with E-state index in [1.165, 1.54) is 11.1 Å². The fourth-order valence-corrected chi connectivity index (χ4v) is 4.74. The second-order valence-electron chi connectivity index (χ2n) is 9.41. The highest BCUT2D eigenvalue weighted by Gasteiger charge is 2.24. The van der Waals surface area contributed by atoms with Crippen molar-refractivity contribution in [2.24, 2.45) is 0 Å². The van der Waals surface area contributed by atoms with E-state index in [4.69, 9.17) is 14.2 Å². The summed E-state index contributed by atoms with van der Waals surface area (Å²) in [7, 11) is 3.19. The van der Waals surface area contributed by atoms with E-state index >= 15 is 0 Å². The molecule has 0 saturated carbocycles. The number of hydrogen-bond acceptors (Lipinski definition) is 6. The highest BCUT2D eigenvalue weighted by Crippen LogP contribution is 2.37. The first kappa shape index (κ1) is 25.4. The van der Waals surface area contributed by atoms with Crippen LogP contribution in [0.1, 0.15) is 17.5 Å². The number of amides is 2. The van der Waals surface area contributed by atoms with Crippen molar-refractivity contribution in [3.8, 4) is 23.0 Å².